The molecule has 0 saturated heterocycles. The average Bonchev–Trinajstić information content (AvgIpc) is 3.53. The Hall–Kier alpha value is -4.14. The number of anilines is 1. The van der Waals surface area contributed by atoms with E-state index in [-0.39, 0.29) is 24.4 Å². The first-order valence-corrected chi connectivity index (χ1v) is 12.6. The van der Waals surface area contributed by atoms with Crippen molar-refractivity contribution in [1.82, 2.24) is 20.3 Å². The third-order valence-electron chi connectivity index (χ3n) is 6.81. The fourth-order valence-electron chi connectivity index (χ4n) is 4.92. The summed E-state index contributed by atoms with van der Waals surface area (Å²) in [5.74, 6) is 1.12. The van der Waals surface area contributed by atoms with Crippen molar-refractivity contribution in [3.63, 3.8) is 0 Å². The largest absolute Gasteiger partial charge is 0.497 e. The van der Waals surface area contributed by atoms with Gasteiger partial charge in [0.25, 0.3) is 5.91 Å². The molecule has 37 heavy (non-hydrogen) atoms. The number of carbonyl (C=O) groups is 2. The summed E-state index contributed by atoms with van der Waals surface area (Å²) >= 11 is 0. The van der Waals surface area contributed by atoms with Crippen molar-refractivity contribution in [2.45, 2.75) is 57.7 Å². The van der Waals surface area contributed by atoms with Crippen LogP contribution in [0.25, 0.3) is 11.0 Å². The van der Waals surface area contributed by atoms with E-state index in [1.165, 1.54) is 11.3 Å². The molecule has 9 nitrogen and oxygen atoms in total. The van der Waals surface area contributed by atoms with Gasteiger partial charge in [-0.3, -0.25) is 14.5 Å². The number of nitrogens with zero attached hydrogens (tertiary/aromatic N) is 4. The van der Waals surface area contributed by atoms with Crippen LogP contribution in [0.2, 0.25) is 0 Å². The molecule has 0 spiro atoms. The average molecular weight is 502 g/mol. The van der Waals surface area contributed by atoms with Crippen LogP contribution in [0.1, 0.15) is 49.7 Å². The number of para-hydroxylation sites is 1. The first-order chi connectivity index (χ1) is 18.0. The standard InChI is InChI=1S/C28H31N5O4/c1-19-12-17-25(37-19)27(28(35)29-20-8-4-3-5-9-20)33(21-13-15-22(36-2)16-14-21)26(34)18-32-24-11-7-6-10-23(24)30-31-32/h6-7,10-17,20,27H,3-5,8-9,18H2,1-2H3,(H,29,35)/t27-/m1/s1. The molecule has 0 bridgehead atoms. The Labute approximate surface area is 215 Å². The van der Waals surface area contributed by atoms with E-state index in [0.717, 1.165) is 31.2 Å². The van der Waals surface area contributed by atoms with Crippen molar-refractivity contribution < 1.29 is 18.7 Å². The summed E-state index contributed by atoms with van der Waals surface area (Å²) < 4.78 is 12.8. The monoisotopic (exact) mass is 501 g/mol. The lowest BCUT2D eigenvalue weighted by molar-refractivity contribution is -0.128. The predicted octanol–water partition coefficient (Wildman–Crippen LogP) is 4.56. The second-order valence-electron chi connectivity index (χ2n) is 9.39. The van der Waals surface area contributed by atoms with Crippen molar-refractivity contribution in [2.24, 2.45) is 0 Å². The van der Waals surface area contributed by atoms with Gasteiger partial charge < -0.3 is 14.5 Å². The molecule has 1 fully saturated rings. The zero-order valence-electron chi connectivity index (χ0n) is 21.1. The van der Waals surface area contributed by atoms with E-state index in [1.54, 1.807) is 48.2 Å². The first-order valence-electron chi connectivity index (χ1n) is 12.6. The van der Waals surface area contributed by atoms with Gasteiger partial charge in [-0.05, 0) is 68.3 Å². The van der Waals surface area contributed by atoms with Crippen LogP contribution < -0.4 is 15.0 Å². The van der Waals surface area contributed by atoms with Crippen LogP contribution in [-0.2, 0) is 16.1 Å². The number of aryl methyl sites for hydroxylation is 1. The maximum absolute atomic E-state index is 14.0. The zero-order chi connectivity index (χ0) is 25.8. The molecule has 1 saturated carbocycles. The number of hydrogen-bond donors (Lipinski definition) is 1. The predicted molar refractivity (Wildman–Crippen MR) is 139 cm³/mol. The Bertz CT molecular complexity index is 1370. The Morgan fingerprint density at radius 1 is 1.08 bits per heavy atom. The Morgan fingerprint density at radius 3 is 2.54 bits per heavy atom. The summed E-state index contributed by atoms with van der Waals surface area (Å²) in [6.07, 6.45) is 5.19. The van der Waals surface area contributed by atoms with Gasteiger partial charge in [0, 0.05) is 11.7 Å². The molecule has 1 atom stereocenters. The van der Waals surface area contributed by atoms with E-state index in [1.807, 2.05) is 31.2 Å². The molecule has 2 heterocycles. The number of carbonyl (C=O) groups excluding carboxylic acids is 2. The molecule has 2 amide bonds. The number of hydrogen-bond acceptors (Lipinski definition) is 6. The number of nitrogens with one attached hydrogen (secondary N) is 1. The minimum atomic E-state index is -0.994. The molecule has 1 aliphatic rings. The van der Waals surface area contributed by atoms with Crippen molar-refractivity contribution in [2.75, 3.05) is 12.0 Å². The van der Waals surface area contributed by atoms with Crippen LogP contribution in [0, 0.1) is 6.92 Å². The topological polar surface area (TPSA) is 102 Å². The Kier molecular flexibility index (Phi) is 7.20. The third-order valence-corrected chi connectivity index (χ3v) is 6.81. The van der Waals surface area contributed by atoms with Crippen LogP contribution in [0.5, 0.6) is 5.75 Å². The van der Waals surface area contributed by atoms with E-state index in [2.05, 4.69) is 15.6 Å². The van der Waals surface area contributed by atoms with Gasteiger partial charge in [-0.15, -0.1) is 5.10 Å². The number of rotatable bonds is 8. The number of benzene rings is 2. The molecule has 2 aromatic heterocycles. The molecule has 0 aliphatic heterocycles. The van der Waals surface area contributed by atoms with Gasteiger partial charge in [-0.25, -0.2) is 4.68 Å². The molecule has 0 radical (unpaired) electrons. The summed E-state index contributed by atoms with van der Waals surface area (Å²) in [6.45, 7) is 1.72. The molecule has 5 rings (SSSR count). The lowest BCUT2D eigenvalue weighted by atomic mass is 9.95. The Balaban J connectivity index is 1.54. The van der Waals surface area contributed by atoms with Crippen LogP contribution in [0.4, 0.5) is 5.69 Å². The van der Waals surface area contributed by atoms with Crippen LogP contribution >= 0.6 is 0 Å². The smallest absolute Gasteiger partial charge is 0.251 e. The molecule has 0 unspecified atom stereocenters. The summed E-state index contributed by atoms with van der Waals surface area (Å²) in [4.78, 5) is 29.4. The fourth-order valence-corrected chi connectivity index (χ4v) is 4.92. The molecule has 4 aromatic rings. The van der Waals surface area contributed by atoms with Gasteiger partial charge >= 0.3 is 0 Å². The second kappa shape index (κ2) is 10.9. The van der Waals surface area contributed by atoms with E-state index in [9.17, 15) is 9.59 Å². The molecule has 192 valence electrons. The van der Waals surface area contributed by atoms with E-state index >= 15 is 0 Å². The SMILES string of the molecule is COc1ccc(N(C(=O)Cn2nnc3ccccc32)[C@@H](C(=O)NC2CCCCC2)c2ccc(C)o2)cc1. The first kappa shape index (κ1) is 24.5. The molecule has 1 aliphatic carbocycles. The van der Waals surface area contributed by atoms with Gasteiger partial charge in [0.2, 0.25) is 5.91 Å². The van der Waals surface area contributed by atoms with Crippen molar-refractivity contribution >= 4 is 28.5 Å². The highest BCUT2D eigenvalue weighted by Gasteiger charge is 2.36. The van der Waals surface area contributed by atoms with E-state index in [0.29, 0.717) is 28.5 Å². The number of methoxy groups -OCH3 is 1. The van der Waals surface area contributed by atoms with Gasteiger partial charge in [0.05, 0.1) is 12.6 Å². The second-order valence-corrected chi connectivity index (χ2v) is 9.39. The van der Waals surface area contributed by atoms with Gasteiger partial charge in [0.15, 0.2) is 6.04 Å². The number of fused-ring (bicyclic) bond motifs is 1. The molecule has 9 heteroatoms. The molecule has 1 N–H and O–H groups in total. The fraction of sp³-hybridized carbons (Fsp3) is 0.357. The van der Waals surface area contributed by atoms with Crippen molar-refractivity contribution in [1.29, 1.82) is 0 Å². The zero-order valence-corrected chi connectivity index (χ0v) is 21.1. The van der Waals surface area contributed by atoms with Crippen molar-refractivity contribution in [3.8, 4) is 5.75 Å². The summed E-state index contributed by atoms with van der Waals surface area (Å²) in [6, 6.07) is 17.2. The van der Waals surface area contributed by atoms with Crippen LogP contribution in [0.3, 0.4) is 0 Å². The minimum absolute atomic E-state index is 0.0758. The number of furan rings is 1. The molecule has 2 aromatic carbocycles. The lowest BCUT2D eigenvalue weighted by Gasteiger charge is -2.32. The summed E-state index contributed by atoms with van der Waals surface area (Å²) in [7, 11) is 1.58. The maximum atomic E-state index is 14.0. The summed E-state index contributed by atoms with van der Waals surface area (Å²) in [5.41, 5.74) is 1.98. The highest BCUT2D eigenvalue weighted by molar-refractivity contribution is 6.01. The van der Waals surface area contributed by atoms with Gasteiger partial charge in [0.1, 0.15) is 29.3 Å². The van der Waals surface area contributed by atoms with Crippen molar-refractivity contribution in [3.05, 3.63) is 72.2 Å². The Morgan fingerprint density at radius 2 is 1.84 bits per heavy atom. The van der Waals surface area contributed by atoms with Gasteiger partial charge in [-0.2, -0.15) is 0 Å². The molecular formula is C28H31N5O4. The number of aromatic nitrogens is 3. The lowest BCUT2D eigenvalue weighted by Crippen LogP contribution is -2.48. The van der Waals surface area contributed by atoms with Gasteiger partial charge in [-0.1, -0.05) is 36.6 Å². The summed E-state index contributed by atoms with van der Waals surface area (Å²) in [5, 5.41) is 11.6. The van der Waals surface area contributed by atoms with E-state index < -0.39 is 6.04 Å². The maximum Gasteiger partial charge on any atom is 0.251 e. The number of amides is 2. The minimum Gasteiger partial charge on any atom is -0.497 e. The van der Waals surface area contributed by atoms with E-state index in [4.69, 9.17) is 9.15 Å². The third kappa shape index (κ3) is 5.35. The number of ether oxygens (including phenoxy) is 1. The van der Waals surface area contributed by atoms with Crippen LogP contribution in [0.15, 0.2) is 65.1 Å². The highest BCUT2D eigenvalue weighted by atomic mass is 16.5. The highest BCUT2D eigenvalue weighted by Crippen LogP contribution is 2.32. The quantitative estimate of drug-likeness (QED) is 0.380. The molecular weight excluding hydrogens is 470 g/mol. The normalized spacial score (nSPS) is 14.9. The van der Waals surface area contributed by atoms with Crippen LogP contribution in [-0.4, -0.2) is 40.0 Å².